The number of amides is 1. The van der Waals surface area contributed by atoms with Gasteiger partial charge < -0.3 is 10.1 Å². The fourth-order valence-electron chi connectivity index (χ4n) is 1.44. The quantitative estimate of drug-likeness (QED) is 0.849. The van der Waals surface area contributed by atoms with Gasteiger partial charge in [0.25, 0.3) is 0 Å². The highest BCUT2D eigenvalue weighted by Crippen LogP contribution is 2.32. The van der Waals surface area contributed by atoms with Crippen LogP contribution in [0.25, 0.3) is 0 Å². The fourth-order valence-corrected chi connectivity index (χ4v) is 2.53. The lowest BCUT2D eigenvalue weighted by Crippen LogP contribution is -2.10. The molecule has 0 aromatic carbocycles. The van der Waals surface area contributed by atoms with Crippen LogP contribution in [0.15, 0.2) is 0 Å². The summed E-state index contributed by atoms with van der Waals surface area (Å²) in [4.78, 5) is 23.4. The molecule has 5 nitrogen and oxygen atoms in total. The number of nitriles is 1. The number of hydrogen-bond donors (Lipinski definition) is 1. The van der Waals surface area contributed by atoms with Crippen LogP contribution in [-0.2, 0) is 9.53 Å². The zero-order chi connectivity index (χ0) is 13.7. The number of nitrogens with one attached hydrogen (secondary N) is 1. The molecule has 1 amide bonds. The van der Waals surface area contributed by atoms with Gasteiger partial charge in [0.2, 0.25) is 5.91 Å². The molecule has 0 saturated heterocycles. The molecular formula is C12H14N2O3S. The standard InChI is InChI=1S/C12H14N2O3S/c1-4-5-9(15)14-11-8(6-13)7(2)10(18-11)12(16)17-3/h4-5H2,1-3H3,(H,14,15). The lowest BCUT2D eigenvalue weighted by molar-refractivity contribution is -0.116. The van der Waals surface area contributed by atoms with Crippen LogP contribution >= 0.6 is 11.3 Å². The summed E-state index contributed by atoms with van der Waals surface area (Å²) < 4.78 is 4.63. The highest BCUT2D eigenvalue weighted by atomic mass is 32.1. The third-order valence-electron chi connectivity index (χ3n) is 2.36. The Bertz CT molecular complexity index is 514. The molecule has 0 radical (unpaired) electrons. The van der Waals surface area contributed by atoms with Crippen LogP contribution in [0.2, 0.25) is 0 Å². The minimum atomic E-state index is -0.495. The average Bonchev–Trinajstić information content (AvgIpc) is 2.65. The van der Waals surface area contributed by atoms with Gasteiger partial charge in [-0.3, -0.25) is 4.79 Å². The van der Waals surface area contributed by atoms with E-state index in [1.165, 1.54) is 7.11 Å². The number of carbonyl (C=O) groups is 2. The van der Waals surface area contributed by atoms with Gasteiger partial charge >= 0.3 is 5.97 Å². The van der Waals surface area contributed by atoms with Gasteiger partial charge in [-0.1, -0.05) is 6.92 Å². The number of carbonyl (C=O) groups excluding carboxylic acids is 2. The Hall–Kier alpha value is -1.87. The van der Waals surface area contributed by atoms with Crippen molar-refractivity contribution in [2.45, 2.75) is 26.7 Å². The predicted molar refractivity (Wildman–Crippen MR) is 68.6 cm³/mol. The number of anilines is 1. The molecule has 0 fully saturated rings. The molecule has 6 heteroatoms. The van der Waals surface area contributed by atoms with Crippen molar-refractivity contribution in [1.29, 1.82) is 5.26 Å². The molecule has 0 unspecified atom stereocenters. The van der Waals surface area contributed by atoms with E-state index in [2.05, 4.69) is 10.1 Å². The molecule has 1 rings (SSSR count). The summed E-state index contributed by atoms with van der Waals surface area (Å²) in [5, 5.41) is 12.1. The Morgan fingerprint density at radius 3 is 2.67 bits per heavy atom. The largest absolute Gasteiger partial charge is 0.465 e. The second-order valence-electron chi connectivity index (χ2n) is 3.66. The van der Waals surface area contributed by atoms with E-state index < -0.39 is 5.97 Å². The maximum Gasteiger partial charge on any atom is 0.348 e. The van der Waals surface area contributed by atoms with Crippen LogP contribution in [0, 0.1) is 18.3 Å². The SMILES string of the molecule is CCCC(=O)Nc1sc(C(=O)OC)c(C)c1C#N. The van der Waals surface area contributed by atoms with Crippen molar-refractivity contribution < 1.29 is 14.3 Å². The molecule has 0 bridgehead atoms. The molecule has 1 N–H and O–H groups in total. The molecule has 18 heavy (non-hydrogen) atoms. The van der Waals surface area contributed by atoms with Crippen molar-refractivity contribution in [1.82, 2.24) is 0 Å². The monoisotopic (exact) mass is 266 g/mol. The van der Waals surface area contributed by atoms with Crippen LogP contribution in [0.1, 0.15) is 40.6 Å². The average molecular weight is 266 g/mol. The van der Waals surface area contributed by atoms with E-state index in [1.807, 2.05) is 13.0 Å². The number of thiophene rings is 1. The maximum atomic E-state index is 11.5. The van der Waals surface area contributed by atoms with E-state index in [0.717, 1.165) is 17.8 Å². The molecule has 1 heterocycles. The first-order valence-corrected chi connectivity index (χ1v) is 6.28. The van der Waals surface area contributed by atoms with Gasteiger partial charge in [-0.2, -0.15) is 5.26 Å². The van der Waals surface area contributed by atoms with Crippen LogP contribution < -0.4 is 5.32 Å². The van der Waals surface area contributed by atoms with Crippen molar-refractivity contribution in [3.63, 3.8) is 0 Å². The highest BCUT2D eigenvalue weighted by Gasteiger charge is 2.21. The maximum absolute atomic E-state index is 11.5. The topological polar surface area (TPSA) is 79.2 Å². The lowest BCUT2D eigenvalue weighted by Gasteiger charge is -2.00. The van der Waals surface area contributed by atoms with Crippen molar-refractivity contribution >= 4 is 28.2 Å². The van der Waals surface area contributed by atoms with Crippen LogP contribution in [0.5, 0.6) is 0 Å². The highest BCUT2D eigenvalue weighted by molar-refractivity contribution is 7.18. The van der Waals surface area contributed by atoms with E-state index in [9.17, 15) is 9.59 Å². The van der Waals surface area contributed by atoms with Crippen molar-refractivity contribution in [2.24, 2.45) is 0 Å². The summed E-state index contributed by atoms with van der Waals surface area (Å²) in [6.45, 7) is 3.56. The molecule has 0 aliphatic heterocycles. The minimum absolute atomic E-state index is 0.160. The van der Waals surface area contributed by atoms with Gasteiger partial charge in [-0.15, -0.1) is 11.3 Å². The number of methoxy groups -OCH3 is 1. The second kappa shape index (κ2) is 6.17. The third kappa shape index (κ3) is 2.87. The van der Waals surface area contributed by atoms with E-state index in [-0.39, 0.29) is 5.91 Å². The van der Waals surface area contributed by atoms with Gasteiger partial charge in [0, 0.05) is 6.42 Å². The van der Waals surface area contributed by atoms with E-state index in [0.29, 0.717) is 27.4 Å². The molecule has 1 aromatic heterocycles. The van der Waals surface area contributed by atoms with Gasteiger partial charge in [0.15, 0.2) is 0 Å². The first-order chi connectivity index (χ1) is 8.54. The molecule has 0 saturated carbocycles. The normalized spacial score (nSPS) is 9.67. The van der Waals surface area contributed by atoms with Gasteiger partial charge in [0.1, 0.15) is 15.9 Å². The van der Waals surface area contributed by atoms with Gasteiger partial charge in [-0.25, -0.2) is 4.79 Å². The second-order valence-corrected chi connectivity index (χ2v) is 4.68. The molecular weight excluding hydrogens is 252 g/mol. The predicted octanol–water partition coefficient (Wildman–Crippen LogP) is 2.45. The number of rotatable bonds is 4. The van der Waals surface area contributed by atoms with Crippen molar-refractivity contribution in [3.05, 3.63) is 16.0 Å². The Kier molecular flexibility index (Phi) is 4.86. The van der Waals surface area contributed by atoms with Gasteiger partial charge in [0.05, 0.1) is 12.7 Å². The Labute approximate surface area is 109 Å². The zero-order valence-corrected chi connectivity index (χ0v) is 11.3. The van der Waals surface area contributed by atoms with Crippen LogP contribution in [-0.4, -0.2) is 19.0 Å². The van der Waals surface area contributed by atoms with E-state index in [4.69, 9.17) is 5.26 Å². The molecule has 96 valence electrons. The summed E-state index contributed by atoms with van der Waals surface area (Å²) in [7, 11) is 1.28. The first kappa shape index (κ1) is 14.2. The molecule has 0 aliphatic rings. The lowest BCUT2D eigenvalue weighted by atomic mass is 10.2. The van der Waals surface area contributed by atoms with Crippen molar-refractivity contribution in [2.75, 3.05) is 12.4 Å². The summed E-state index contributed by atoms with van der Waals surface area (Å²) >= 11 is 1.07. The van der Waals surface area contributed by atoms with Crippen LogP contribution in [0.4, 0.5) is 5.00 Å². The Morgan fingerprint density at radius 2 is 2.17 bits per heavy atom. The number of nitrogens with zero attached hydrogens (tertiary/aromatic N) is 1. The summed E-state index contributed by atoms with van der Waals surface area (Å²) in [6, 6.07) is 2.00. The van der Waals surface area contributed by atoms with E-state index in [1.54, 1.807) is 6.92 Å². The third-order valence-corrected chi connectivity index (χ3v) is 3.55. The number of ether oxygens (including phenoxy) is 1. The zero-order valence-electron chi connectivity index (χ0n) is 10.5. The summed E-state index contributed by atoms with van der Waals surface area (Å²) in [6.07, 6.45) is 1.11. The molecule has 0 spiro atoms. The summed E-state index contributed by atoms with van der Waals surface area (Å²) in [5.74, 6) is -0.656. The smallest absolute Gasteiger partial charge is 0.348 e. The number of esters is 1. The van der Waals surface area contributed by atoms with E-state index >= 15 is 0 Å². The van der Waals surface area contributed by atoms with Crippen LogP contribution in [0.3, 0.4) is 0 Å². The molecule has 0 atom stereocenters. The first-order valence-electron chi connectivity index (χ1n) is 5.46. The Balaban J connectivity index is 3.09. The number of hydrogen-bond acceptors (Lipinski definition) is 5. The van der Waals surface area contributed by atoms with Crippen molar-refractivity contribution in [3.8, 4) is 6.07 Å². The molecule has 0 aliphatic carbocycles. The molecule has 1 aromatic rings. The minimum Gasteiger partial charge on any atom is -0.465 e. The van der Waals surface area contributed by atoms with Gasteiger partial charge in [-0.05, 0) is 18.9 Å². The summed E-state index contributed by atoms with van der Waals surface area (Å²) in [5.41, 5.74) is 0.867. The Morgan fingerprint density at radius 1 is 1.50 bits per heavy atom. The fraction of sp³-hybridized carbons (Fsp3) is 0.417.